The topological polar surface area (TPSA) is 20.3 Å². The van der Waals surface area contributed by atoms with Crippen molar-refractivity contribution in [3.8, 4) is 0 Å². The number of carbonyl (C=O) groups is 1. The van der Waals surface area contributed by atoms with E-state index in [-0.39, 0.29) is 5.91 Å². The number of halogens is 2. The highest BCUT2D eigenvalue weighted by Gasteiger charge is 2.23. The van der Waals surface area contributed by atoms with Crippen molar-refractivity contribution in [2.24, 2.45) is 0 Å². The molecule has 1 unspecified atom stereocenters. The summed E-state index contributed by atoms with van der Waals surface area (Å²) in [5, 5.41) is -0.170. The van der Waals surface area contributed by atoms with E-state index in [4.69, 9.17) is 23.2 Å². The highest BCUT2D eigenvalue weighted by atomic mass is 35.5. The highest BCUT2D eigenvalue weighted by molar-refractivity contribution is 6.35. The maximum Gasteiger partial charge on any atom is 0.245 e. The summed E-state index contributed by atoms with van der Waals surface area (Å²) in [7, 11) is 0. The molecule has 0 aromatic heterocycles. The standard InChI is InChI=1S/C12H15Cl2NO/c1-3-15(4-2)12(16)11(14)9-7-5-6-8-10(9)13/h5-8,11H,3-4H2,1-2H3. The lowest BCUT2D eigenvalue weighted by molar-refractivity contribution is -0.130. The molecule has 88 valence electrons. The third-order valence-corrected chi connectivity index (χ3v) is 3.24. The van der Waals surface area contributed by atoms with Gasteiger partial charge in [-0.2, -0.15) is 0 Å². The normalized spacial score (nSPS) is 12.2. The first kappa shape index (κ1) is 13.3. The average Bonchev–Trinajstić information content (AvgIpc) is 2.30. The Morgan fingerprint density at radius 3 is 2.38 bits per heavy atom. The molecule has 0 N–H and O–H groups in total. The quantitative estimate of drug-likeness (QED) is 0.759. The first-order valence-corrected chi connectivity index (χ1v) is 6.10. The van der Waals surface area contributed by atoms with Gasteiger partial charge in [-0.05, 0) is 25.5 Å². The van der Waals surface area contributed by atoms with Gasteiger partial charge in [0.2, 0.25) is 5.91 Å². The largest absolute Gasteiger partial charge is 0.342 e. The Balaban J connectivity index is 2.90. The van der Waals surface area contributed by atoms with Gasteiger partial charge in [-0.3, -0.25) is 4.79 Å². The van der Waals surface area contributed by atoms with E-state index in [0.717, 1.165) is 0 Å². The van der Waals surface area contributed by atoms with Crippen molar-refractivity contribution >= 4 is 29.1 Å². The monoisotopic (exact) mass is 259 g/mol. The van der Waals surface area contributed by atoms with Crippen molar-refractivity contribution < 1.29 is 4.79 Å². The number of benzene rings is 1. The number of likely N-dealkylation sites (N-methyl/N-ethyl adjacent to an activating group) is 1. The summed E-state index contributed by atoms with van der Waals surface area (Å²) >= 11 is 12.1. The van der Waals surface area contributed by atoms with Crippen molar-refractivity contribution in [1.82, 2.24) is 4.90 Å². The average molecular weight is 260 g/mol. The minimum Gasteiger partial charge on any atom is -0.342 e. The van der Waals surface area contributed by atoms with E-state index < -0.39 is 5.38 Å². The van der Waals surface area contributed by atoms with Crippen LogP contribution >= 0.6 is 23.2 Å². The number of nitrogens with zero attached hydrogens (tertiary/aromatic N) is 1. The van der Waals surface area contributed by atoms with Gasteiger partial charge in [-0.15, -0.1) is 11.6 Å². The number of amides is 1. The Labute approximate surface area is 106 Å². The molecular weight excluding hydrogens is 245 g/mol. The fourth-order valence-electron chi connectivity index (χ4n) is 1.51. The van der Waals surface area contributed by atoms with Crippen LogP contribution in [0, 0.1) is 0 Å². The van der Waals surface area contributed by atoms with Crippen molar-refractivity contribution in [3.05, 3.63) is 34.9 Å². The Hall–Kier alpha value is -0.730. The molecule has 16 heavy (non-hydrogen) atoms. The molecule has 2 nitrogen and oxygen atoms in total. The van der Waals surface area contributed by atoms with E-state index in [0.29, 0.717) is 23.7 Å². The van der Waals surface area contributed by atoms with Gasteiger partial charge in [-0.1, -0.05) is 29.8 Å². The van der Waals surface area contributed by atoms with Gasteiger partial charge in [-0.25, -0.2) is 0 Å². The van der Waals surface area contributed by atoms with E-state index in [1.807, 2.05) is 26.0 Å². The third-order valence-electron chi connectivity index (χ3n) is 2.47. The smallest absolute Gasteiger partial charge is 0.245 e. The van der Waals surface area contributed by atoms with Gasteiger partial charge in [0, 0.05) is 18.1 Å². The molecular formula is C12H15Cl2NO. The van der Waals surface area contributed by atoms with Crippen LogP contribution in [0.5, 0.6) is 0 Å². The minimum absolute atomic E-state index is 0.0974. The Morgan fingerprint density at radius 1 is 1.31 bits per heavy atom. The van der Waals surface area contributed by atoms with Crippen LogP contribution < -0.4 is 0 Å². The molecule has 0 saturated heterocycles. The molecule has 1 amide bonds. The fourth-order valence-corrected chi connectivity index (χ4v) is 2.14. The molecule has 0 bridgehead atoms. The maximum absolute atomic E-state index is 12.0. The summed E-state index contributed by atoms with van der Waals surface area (Å²) in [6, 6.07) is 7.16. The maximum atomic E-state index is 12.0. The first-order valence-electron chi connectivity index (χ1n) is 5.29. The lowest BCUT2D eigenvalue weighted by Crippen LogP contribution is -2.33. The zero-order valence-corrected chi connectivity index (χ0v) is 10.9. The van der Waals surface area contributed by atoms with Crippen LogP contribution in [0.1, 0.15) is 24.8 Å². The predicted molar refractivity (Wildman–Crippen MR) is 68.0 cm³/mol. The predicted octanol–water partition coefficient (Wildman–Crippen LogP) is 3.49. The van der Waals surface area contributed by atoms with Crippen LogP contribution in [0.25, 0.3) is 0 Å². The summed E-state index contributed by atoms with van der Waals surface area (Å²) in [5.74, 6) is -0.0974. The van der Waals surface area contributed by atoms with Crippen molar-refractivity contribution in [1.29, 1.82) is 0 Å². The Kier molecular flexibility index (Phi) is 5.10. The molecule has 0 aliphatic carbocycles. The molecule has 0 aliphatic heterocycles. The molecule has 0 fully saturated rings. The van der Waals surface area contributed by atoms with Crippen LogP contribution in [0.4, 0.5) is 0 Å². The molecule has 1 aromatic rings. The summed E-state index contributed by atoms with van der Waals surface area (Å²) in [4.78, 5) is 13.7. The van der Waals surface area contributed by atoms with E-state index in [2.05, 4.69) is 0 Å². The third kappa shape index (κ3) is 2.89. The van der Waals surface area contributed by atoms with Crippen molar-refractivity contribution in [2.75, 3.05) is 13.1 Å². The van der Waals surface area contributed by atoms with Crippen LogP contribution in [-0.2, 0) is 4.79 Å². The summed E-state index contributed by atoms with van der Waals surface area (Å²) in [6.07, 6.45) is 0. The fraction of sp³-hybridized carbons (Fsp3) is 0.417. The number of carbonyl (C=O) groups excluding carboxylic acids is 1. The van der Waals surface area contributed by atoms with Crippen LogP contribution in [-0.4, -0.2) is 23.9 Å². The van der Waals surface area contributed by atoms with Gasteiger partial charge in [0.1, 0.15) is 5.38 Å². The number of alkyl halides is 1. The molecule has 4 heteroatoms. The van der Waals surface area contributed by atoms with Crippen molar-refractivity contribution in [2.45, 2.75) is 19.2 Å². The highest BCUT2D eigenvalue weighted by Crippen LogP contribution is 2.29. The number of rotatable bonds is 4. The molecule has 0 spiro atoms. The molecule has 1 rings (SSSR count). The van der Waals surface area contributed by atoms with Crippen LogP contribution in [0.2, 0.25) is 5.02 Å². The SMILES string of the molecule is CCN(CC)C(=O)C(Cl)c1ccccc1Cl. The number of hydrogen-bond acceptors (Lipinski definition) is 1. The number of hydrogen-bond donors (Lipinski definition) is 0. The minimum atomic E-state index is -0.700. The van der Waals surface area contributed by atoms with Crippen LogP contribution in [0.3, 0.4) is 0 Å². The van der Waals surface area contributed by atoms with Crippen LogP contribution in [0.15, 0.2) is 24.3 Å². The molecule has 1 atom stereocenters. The van der Waals surface area contributed by atoms with Gasteiger partial charge in [0.25, 0.3) is 0 Å². The van der Waals surface area contributed by atoms with E-state index in [1.165, 1.54) is 0 Å². The zero-order chi connectivity index (χ0) is 12.1. The van der Waals surface area contributed by atoms with Gasteiger partial charge in [0.05, 0.1) is 0 Å². The molecule has 0 aliphatic rings. The molecule has 0 radical (unpaired) electrons. The van der Waals surface area contributed by atoms with E-state index in [9.17, 15) is 4.79 Å². The Morgan fingerprint density at radius 2 is 1.88 bits per heavy atom. The summed E-state index contributed by atoms with van der Waals surface area (Å²) in [5.41, 5.74) is 0.669. The van der Waals surface area contributed by atoms with Gasteiger partial charge >= 0.3 is 0 Å². The second-order valence-electron chi connectivity index (χ2n) is 3.39. The van der Waals surface area contributed by atoms with Crippen molar-refractivity contribution in [3.63, 3.8) is 0 Å². The second-order valence-corrected chi connectivity index (χ2v) is 4.24. The molecule has 0 heterocycles. The Bertz CT molecular complexity index is 364. The lowest BCUT2D eigenvalue weighted by Gasteiger charge is -2.22. The van der Waals surface area contributed by atoms with Gasteiger partial charge in [0.15, 0.2) is 0 Å². The van der Waals surface area contributed by atoms with E-state index >= 15 is 0 Å². The molecule has 0 saturated carbocycles. The summed E-state index contributed by atoms with van der Waals surface area (Å²) in [6.45, 7) is 5.17. The second kappa shape index (κ2) is 6.12. The van der Waals surface area contributed by atoms with Gasteiger partial charge < -0.3 is 4.90 Å². The zero-order valence-electron chi connectivity index (χ0n) is 9.41. The lowest BCUT2D eigenvalue weighted by atomic mass is 10.1. The summed E-state index contributed by atoms with van der Waals surface area (Å²) < 4.78 is 0. The van der Waals surface area contributed by atoms with E-state index in [1.54, 1.807) is 17.0 Å². The first-order chi connectivity index (χ1) is 7.61. The molecule has 1 aromatic carbocycles.